The molecule has 0 spiro atoms. The Bertz CT molecular complexity index is 457. The number of carbonyl (C=O) groups excluding carboxylic acids is 1. The minimum Gasteiger partial charge on any atom is -0.463 e. The van der Waals surface area contributed by atoms with Crippen molar-refractivity contribution in [1.82, 2.24) is 4.90 Å². The van der Waals surface area contributed by atoms with E-state index in [4.69, 9.17) is 4.42 Å². The maximum atomic E-state index is 11.4. The second kappa shape index (κ2) is 4.10. The molecule has 2 heterocycles. The van der Waals surface area contributed by atoms with E-state index in [0.717, 1.165) is 18.4 Å². The van der Waals surface area contributed by atoms with Gasteiger partial charge in [-0.2, -0.15) is 0 Å². The van der Waals surface area contributed by atoms with Crippen LogP contribution in [0.25, 0.3) is 0 Å². The van der Waals surface area contributed by atoms with Crippen molar-refractivity contribution >= 4 is 5.97 Å². The van der Waals surface area contributed by atoms with E-state index in [9.17, 15) is 9.90 Å². The zero-order valence-electron chi connectivity index (χ0n) is 10.4. The fraction of sp³-hybridized carbons (Fsp3) is 0.615. The van der Waals surface area contributed by atoms with Crippen molar-refractivity contribution in [2.24, 2.45) is 5.92 Å². The van der Waals surface area contributed by atoms with Crippen LogP contribution in [-0.2, 0) is 11.3 Å². The van der Waals surface area contributed by atoms with Gasteiger partial charge in [-0.15, -0.1) is 0 Å². The summed E-state index contributed by atoms with van der Waals surface area (Å²) < 4.78 is 9.79. The van der Waals surface area contributed by atoms with E-state index < -0.39 is 11.6 Å². The van der Waals surface area contributed by atoms with Crippen molar-refractivity contribution in [3.8, 4) is 0 Å². The first-order valence-electron chi connectivity index (χ1n) is 6.22. The number of nitrogens with zero attached hydrogens (tertiary/aromatic N) is 1. The summed E-state index contributed by atoms with van der Waals surface area (Å²) in [6.07, 6.45) is 3.78. The van der Waals surface area contributed by atoms with E-state index in [-0.39, 0.29) is 5.76 Å². The van der Waals surface area contributed by atoms with Gasteiger partial charge in [-0.05, 0) is 24.8 Å². The van der Waals surface area contributed by atoms with Gasteiger partial charge in [0, 0.05) is 25.2 Å². The molecule has 0 aromatic carbocycles. The van der Waals surface area contributed by atoms with E-state index in [1.807, 2.05) is 0 Å². The van der Waals surface area contributed by atoms with Crippen molar-refractivity contribution in [2.75, 3.05) is 20.2 Å². The fourth-order valence-corrected chi connectivity index (χ4v) is 2.69. The van der Waals surface area contributed by atoms with Gasteiger partial charge in [0.25, 0.3) is 0 Å². The monoisotopic (exact) mass is 251 g/mol. The molecule has 5 nitrogen and oxygen atoms in total. The van der Waals surface area contributed by atoms with Gasteiger partial charge in [0.15, 0.2) is 0 Å². The molecule has 2 aliphatic rings. The third-order valence-corrected chi connectivity index (χ3v) is 3.84. The van der Waals surface area contributed by atoms with Gasteiger partial charge in [-0.3, -0.25) is 4.90 Å². The molecule has 2 fully saturated rings. The predicted octanol–water partition coefficient (Wildman–Crippen LogP) is 1.02. The largest absolute Gasteiger partial charge is 0.463 e. The Balaban J connectivity index is 1.61. The smallest absolute Gasteiger partial charge is 0.374 e. The van der Waals surface area contributed by atoms with Crippen molar-refractivity contribution in [3.05, 3.63) is 23.7 Å². The number of hydrogen-bond acceptors (Lipinski definition) is 5. The fourth-order valence-electron chi connectivity index (χ4n) is 2.69. The molecule has 1 saturated carbocycles. The number of ether oxygens (including phenoxy) is 1. The molecule has 0 atom stereocenters. The topological polar surface area (TPSA) is 62.9 Å². The summed E-state index contributed by atoms with van der Waals surface area (Å²) in [4.78, 5) is 13.6. The van der Waals surface area contributed by atoms with E-state index in [1.165, 1.54) is 13.4 Å². The molecule has 1 aliphatic heterocycles. The minimum absolute atomic E-state index is 0.263. The SMILES string of the molecule is COC(=O)c1occc1CN1CC(O)(C2CC2)C1. The Hall–Kier alpha value is -1.33. The lowest BCUT2D eigenvalue weighted by molar-refractivity contribution is -0.116. The standard InChI is InChI=1S/C13H17NO4/c1-17-12(15)11-9(4-5-18-11)6-14-7-13(16,8-14)10-2-3-10/h4-5,10,16H,2-3,6-8H2,1H3. The van der Waals surface area contributed by atoms with Crippen molar-refractivity contribution in [2.45, 2.75) is 25.0 Å². The van der Waals surface area contributed by atoms with Crippen LogP contribution in [0.4, 0.5) is 0 Å². The lowest BCUT2D eigenvalue weighted by Crippen LogP contribution is -2.62. The van der Waals surface area contributed by atoms with Gasteiger partial charge < -0.3 is 14.3 Å². The van der Waals surface area contributed by atoms with Gasteiger partial charge in [0.05, 0.1) is 19.0 Å². The summed E-state index contributed by atoms with van der Waals surface area (Å²) in [5.41, 5.74) is 0.328. The Kier molecular flexibility index (Phi) is 2.68. The number of carbonyl (C=O) groups is 1. The molecule has 1 aromatic heterocycles. The van der Waals surface area contributed by atoms with Crippen LogP contribution in [-0.4, -0.2) is 41.8 Å². The van der Waals surface area contributed by atoms with Crippen LogP contribution < -0.4 is 0 Å². The van der Waals surface area contributed by atoms with Crippen LogP contribution in [0.3, 0.4) is 0 Å². The Morgan fingerprint density at radius 2 is 2.33 bits per heavy atom. The van der Waals surface area contributed by atoms with E-state index in [2.05, 4.69) is 9.64 Å². The van der Waals surface area contributed by atoms with Crippen molar-refractivity contribution in [3.63, 3.8) is 0 Å². The molecule has 18 heavy (non-hydrogen) atoms. The van der Waals surface area contributed by atoms with E-state index in [1.54, 1.807) is 6.07 Å². The van der Waals surface area contributed by atoms with Gasteiger partial charge in [-0.1, -0.05) is 0 Å². The van der Waals surface area contributed by atoms with Crippen LogP contribution in [0.15, 0.2) is 16.7 Å². The van der Waals surface area contributed by atoms with Crippen molar-refractivity contribution in [1.29, 1.82) is 0 Å². The summed E-state index contributed by atoms with van der Waals surface area (Å²) in [6.45, 7) is 1.99. The highest BCUT2D eigenvalue weighted by Crippen LogP contribution is 2.44. The Morgan fingerprint density at radius 1 is 1.61 bits per heavy atom. The van der Waals surface area contributed by atoms with Crippen LogP contribution in [0, 0.1) is 5.92 Å². The first-order valence-corrected chi connectivity index (χ1v) is 6.22. The highest BCUT2D eigenvalue weighted by Gasteiger charge is 2.51. The number of hydrogen-bond donors (Lipinski definition) is 1. The van der Waals surface area contributed by atoms with Crippen LogP contribution in [0.1, 0.15) is 29.0 Å². The summed E-state index contributed by atoms with van der Waals surface area (Å²) in [5, 5.41) is 10.2. The van der Waals surface area contributed by atoms with Gasteiger partial charge in [0.1, 0.15) is 0 Å². The number of esters is 1. The predicted molar refractivity (Wildman–Crippen MR) is 63.0 cm³/mol. The second-order valence-corrected chi connectivity index (χ2v) is 5.29. The van der Waals surface area contributed by atoms with Crippen LogP contribution in [0.2, 0.25) is 0 Å². The number of β-amino-alcohol motifs (C(OH)–C–C–N with tert-alkyl or cyclic N) is 1. The average molecular weight is 251 g/mol. The molecule has 1 aliphatic carbocycles. The van der Waals surface area contributed by atoms with Gasteiger partial charge in [-0.25, -0.2) is 4.79 Å². The second-order valence-electron chi connectivity index (χ2n) is 5.29. The van der Waals surface area contributed by atoms with Gasteiger partial charge >= 0.3 is 5.97 Å². The molecule has 98 valence electrons. The molecule has 1 saturated heterocycles. The first-order chi connectivity index (χ1) is 8.62. The number of rotatable bonds is 4. The van der Waals surface area contributed by atoms with Crippen molar-refractivity contribution < 1.29 is 19.1 Å². The number of likely N-dealkylation sites (tertiary alicyclic amines) is 1. The maximum Gasteiger partial charge on any atom is 0.374 e. The van der Waals surface area contributed by atoms with E-state index in [0.29, 0.717) is 25.6 Å². The third kappa shape index (κ3) is 1.93. The molecule has 0 amide bonds. The molecule has 0 unspecified atom stereocenters. The normalized spacial score (nSPS) is 22.6. The summed E-state index contributed by atoms with van der Waals surface area (Å²) in [6, 6.07) is 1.78. The molecular formula is C13H17NO4. The zero-order chi connectivity index (χ0) is 12.8. The highest BCUT2D eigenvalue weighted by atomic mass is 16.5. The summed E-state index contributed by atoms with van der Waals surface area (Å²) in [7, 11) is 1.34. The highest BCUT2D eigenvalue weighted by molar-refractivity contribution is 5.87. The van der Waals surface area contributed by atoms with Crippen LogP contribution >= 0.6 is 0 Å². The molecular weight excluding hydrogens is 234 g/mol. The Morgan fingerprint density at radius 3 is 2.94 bits per heavy atom. The lowest BCUT2D eigenvalue weighted by Gasteiger charge is -2.47. The Labute approximate surface area is 105 Å². The molecule has 1 N–H and O–H groups in total. The number of aliphatic hydroxyl groups is 1. The average Bonchev–Trinajstić information content (AvgIpc) is 3.07. The van der Waals surface area contributed by atoms with Gasteiger partial charge in [0.2, 0.25) is 5.76 Å². The molecule has 0 radical (unpaired) electrons. The van der Waals surface area contributed by atoms with Crippen LogP contribution in [0.5, 0.6) is 0 Å². The maximum absolute atomic E-state index is 11.4. The number of furan rings is 1. The van der Waals surface area contributed by atoms with E-state index >= 15 is 0 Å². The molecule has 1 aromatic rings. The summed E-state index contributed by atoms with van der Waals surface area (Å²) >= 11 is 0. The number of methoxy groups -OCH3 is 1. The first kappa shape index (κ1) is 11.7. The third-order valence-electron chi connectivity index (χ3n) is 3.84. The molecule has 0 bridgehead atoms. The zero-order valence-corrected chi connectivity index (χ0v) is 10.4. The lowest BCUT2D eigenvalue weighted by atomic mass is 9.88. The molecule has 5 heteroatoms. The minimum atomic E-state index is -0.491. The quantitative estimate of drug-likeness (QED) is 0.810. The summed E-state index contributed by atoms with van der Waals surface area (Å²) in [5.74, 6) is 0.297. The molecule has 3 rings (SSSR count).